The number of nitrogens with zero attached hydrogens (tertiary/aromatic N) is 3. The van der Waals surface area contributed by atoms with Crippen LogP contribution < -0.4 is 5.48 Å². The minimum Gasteiger partial charge on any atom is -0.327 e. The fourth-order valence-electron chi connectivity index (χ4n) is 3.61. The molecule has 0 saturated heterocycles. The predicted molar refractivity (Wildman–Crippen MR) is 114 cm³/mol. The topological polar surface area (TPSA) is 70.4 Å². The average Bonchev–Trinajstić information content (AvgIpc) is 2.95. The molecule has 0 aliphatic heterocycles. The summed E-state index contributed by atoms with van der Waals surface area (Å²) in [5.41, 5.74) is 4.53. The van der Waals surface area contributed by atoms with Gasteiger partial charge in [-0.15, -0.1) is 0 Å². The summed E-state index contributed by atoms with van der Waals surface area (Å²) in [6, 6.07) is 7.02. The van der Waals surface area contributed by atoms with Crippen molar-refractivity contribution in [2.75, 3.05) is 6.54 Å². The molecule has 6 heteroatoms. The molecule has 0 fully saturated rings. The minimum atomic E-state index is -0.548. The zero-order chi connectivity index (χ0) is 20.8. The highest BCUT2D eigenvalue weighted by molar-refractivity contribution is 5.91. The highest BCUT2D eigenvalue weighted by Gasteiger charge is 2.17. The minimum absolute atomic E-state index is 0.498. The van der Waals surface area contributed by atoms with Crippen LogP contribution in [0, 0.1) is 5.92 Å². The Morgan fingerprint density at radius 1 is 1.21 bits per heavy atom. The van der Waals surface area contributed by atoms with Crippen LogP contribution in [-0.2, 0) is 17.8 Å². The van der Waals surface area contributed by atoms with Crippen molar-refractivity contribution in [2.45, 2.75) is 66.6 Å². The summed E-state index contributed by atoms with van der Waals surface area (Å²) in [5.74, 6) is 1.08. The van der Waals surface area contributed by atoms with Gasteiger partial charge in [0, 0.05) is 37.7 Å². The number of fused-ring (bicyclic) bond motifs is 1. The smallest absolute Gasteiger partial charge is 0.267 e. The summed E-state index contributed by atoms with van der Waals surface area (Å²) in [7, 11) is 0. The van der Waals surface area contributed by atoms with Crippen LogP contribution in [-0.4, -0.2) is 44.2 Å². The van der Waals surface area contributed by atoms with Gasteiger partial charge in [-0.3, -0.25) is 14.9 Å². The van der Waals surface area contributed by atoms with Gasteiger partial charge in [0.25, 0.3) is 5.91 Å². The standard InChI is InChI=1S/C22H34N4O2/c1-15(2)13-21-23-19-14-18(8-10-22(27)24-28)7-9-20(19)26(21)12-11-25(16(3)4)17(5)6/h7-10,14-17,28H,11-13H2,1-6H3,(H,24,27)/b10-8+. The predicted octanol–water partition coefficient (Wildman–Crippen LogP) is 3.87. The van der Waals surface area contributed by atoms with Crippen molar-refractivity contribution >= 4 is 23.0 Å². The van der Waals surface area contributed by atoms with E-state index in [0.29, 0.717) is 18.0 Å². The van der Waals surface area contributed by atoms with E-state index in [0.717, 1.165) is 41.9 Å². The SMILES string of the molecule is CC(C)Cc1nc2cc(/C=C/C(=O)NO)ccc2n1CCN(C(C)C)C(C)C. The van der Waals surface area contributed by atoms with Crippen molar-refractivity contribution in [2.24, 2.45) is 5.92 Å². The molecule has 0 saturated carbocycles. The summed E-state index contributed by atoms with van der Waals surface area (Å²) in [6.07, 6.45) is 3.90. The third-order valence-corrected chi connectivity index (χ3v) is 4.89. The first-order valence-electron chi connectivity index (χ1n) is 10.1. The van der Waals surface area contributed by atoms with E-state index in [-0.39, 0.29) is 0 Å². The van der Waals surface area contributed by atoms with Crippen LogP contribution in [0.4, 0.5) is 0 Å². The van der Waals surface area contributed by atoms with Crippen molar-refractivity contribution in [3.8, 4) is 0 Å². The van der Waals surface area contributed by atoms with E-state index in [4.69, 9.17) is 10.2 Å². The Balaban J connectivity index is 2.36. The van der Waals surface area contributed by atoms with E-state index in [1.54, 1.807) is 11.6 Å². The van der Waals surface area contributed by atoms with Gasteiger partial charge in [0.15, 0.2) is 0 Å². The van der Waals surface area contributed by atoms with Gasteiger partial charge in [-0.25, -0.2) is 10.5 Å². The molecule has 2 rings (SSSR count). The van der Waals surface area contributed by atoms with Crippen molar-refractivity contribution in [1.29, 1.82) is 0 Å². The molecule has 1 aromatic heterocycles. The third-order valence-electron chi connectivity index (χ3n) is 4.89. The van der Waals surface area contributed by atoms with E-state index in [2.05, 4.69) is 57.1 Å². The molecule has 0 atom stereocenters. The number of carbonyl (C=O) groups excluding carboxylic acids is 1. The maximum Gasteiger partial charge on any atom is 0.267 e. The maximum absolute atomic E-state index is 11.2. The molecule has 6 nitrogen and oxygen atoms in total. The van der Waals surface area contributed by atoms with Crippen LogP contribution in [0.25, 0.3) is 17.1 Å². The van der Waals surface area contributed by atoms with Crippen LogP contribution in [0.3, 0.4) is 0 Å². The largest absolute Gasteiger partial charge is 0.327 e. The molecule has 1 amide bonds. The number of imidazole rings is 1. The molecule has 0 aliphatic rings. The van der Waals surface area contributed by atoms with Gasteiger partial charge in [0.1, 0.15) is 5.82 Å². The molecule has 1 heterocycles. The Labute approximate surface area is 168 Å². The van der Waals surface area contributed by atoms with Crippen molar-refractivity contribution < 1.29 is 10.0 Å². The molecule has 2 N–H and O–H groups in total. The number of carbonyl (C=O) groups is 1. The lowest BCUT2D eigenvalue weighted by atomic mass is 10.1. The summed E-state index contributed by atoms with van der Waals surface area (Å²) in [6.45, 7) is 15.2. The fourth-order valence-corrected chi connectivity index (χ4v) is 3.61. The van der Waals surface area contributed by atoms with Gasteiger partial charge >= 0.3 is 0 Å². The van der Waals surface area contributed by atoms with E-state index >= 15 is 0 Å². The van der Waals surface area contributed by atoms with Gasteiger partial charge < -0.3 is 4.57 Å². The van der Waals surface area contributed by atoms with E-state index in [1.165, 1.54) is 6.08 Å². The molecular formula is C22H34N4O2. The number of aromatic nitrogens is 2. The van der Waals surface area contributed by atoms with Crippen molar-refractivity contribution in [3.05, 3.63) is 35.7 Å². The number of nitrogens with one attached hydrogen (secondary N) is 1. The molecule has 1 aromatic carbocycles. The van der Waals surface area contributed by atoms with Gasteiger partial charge in [-0.05, 0) is 57.4 Å². The Morgan fingerprint density at radius 3 is 2.46 bits per heavy atom. The second-order valence-electron chi connectivity index (χ2n) is 8.26. The molecule has 0 unspecified atom stereocenters. The number of hydroxylamine groups is 1. The second kappa shape index (κ2) is 9.85. The molecular weight excluding hydrogens is 352 g/mol. The number of rotatable bonds is 9. The van der Waals surface area contributed by atoms with Gasteiger partial charge in [0.2, 0.25) is 0 Å². The first-order chi connectivity index (χ1) is 13.2. The second-order valence-corrected chi connectivity index (χ2v) is 8.26. The molecule has 154 valence electrons. The summed E-state index contributed by atoms with van der Waals surface area (Å²) in [5, 5.41) is 8.62. The van der Waals surface area contributed by atoms with Crippen LogP contribution >= 0.6 is 0 Å². The van der Waals surface area contributed by atoms with Crippen LogP contribution in [0.2, 0.25) is 0 Å². The number of hydrogen-bond donors (Lipinski definition) is 2. The third kappa shape index (κ3) is 5.66. The zero-order valence-electron chi connectivity index (χ0n) is 17.9. The molecule has 28 heavy (non-hydrogen) atoms. The van der Waals surface area contributed by atoms with E-state index in [1.807, 2.05) is 12.1 Å². The maximum atomic E-state index is 11.2. The average molecular weight is 387 g/mol. The van der Waals surface area contributed by atoms with Crippen molar-refractivity contribution in [3.63, 3.8) is 0 Å². The number of amides is 1. The lowest BCUT2D eigenvalue weighted by Gasteiger charge is -2.30. The lowest BCUT2D eigenvalue weighted by Crippen LogP contribution is -2.39. The van der Waals surface area contributed by atoms with Crippen LogP contribution in [0.5, 0.6) is 0 Å². The van der Waals surface area contributed by atoms with Gasteiger partial charge in [-0.1, -0.05) is 19.9 Å². The highest BCUT2D eigenvalue weighted by Crippen LogP contribution is 2.21. The Morgan fingerprint density at radius 2 is 1.89 bits per heavy atom. The van der Waals surface area contributed by atoms with E-state index < -0.39 is 5.91 Å². The Bertz CT molecular complexity index is 813. The summed E-state index contributed by atoms with van der Waals surface area (Å²) < 4.78 is 2.33. The molecule has 0 bridgehead atoms. The quantitative estimate of drug-likeness (QED) is 0.390. The van der Waals surface area contributed by atoms with Gasteiger partial charge in [-0.2, -0.15) is 0 Å². The first-order valence-corrected chi connectivity index (χ1v) is 10.1. The van der Waals surface area contributed by atoms with Gasteiger partial charge in [0.05, 0.1) is 11.0 Å². The Kier molecular flexibility index (Phi) is 7.78. The highest BCUT2D eigenvalue weighted by atomic mass is 16.5. The zero-order valence-corrected chi connectivity index (χ0v) is 17.9. The monoisotopic (exact) mass is 386 g/mol. The normalized spacial score (nSPS) is 12.4. The van der Waals surface area contributed by atoms with Crippen LogP contribution in [0.15, 0.2) is 24.3 Å². The summed E-state index contributed by atoms with van der Waals surface area (Å²) in [4.78, 5) is 18.6. The fraction of sp³-hybridized carbons (Fsp3) is 0.545. The van der Waals surface area contributed by atoms with Crippen molar-refractivity contribution in [1.82, 2.24) is 19.9 Å². The molecule has 0 radical (unpaired) electrons. The molecule has 0 aliphatic carbocycles. The molecule has 2 aromatic rings. The first kappa shape index (κ1) is 22.1. The summed E-state index contributed by atoms with van der Waals surface area (Å²) >= 11 is 0. The Hall–Kier alpha value is -2.18. The van der Waals surface area contributed by atoms with Crippen LogP contribution in [0.1, 0.15) is 52.9 Å². The molecule has 0 spiro atoms. The number of benzene rings is 1. The number of hydrogen-bond acceptors (Lipinski definition) is 4. The lowest BCUT2D eigenvalue weighted by molar-refractivity contribution is -0.124. The van der Waals surface area contributed by atoms with E-state index in [9.17, 15) is 4.79 Å².